The number of carbonyl (C=O) groups excluding carboxylic acids is 1. The molecule has 2 aromatic rings. The van der Waals surface area contributed by atoms with Crippen LogP contribution >= 0.6 is 0 Å². The van der Waals surface area contributed by atoms with Gasteiger partial charge in [-0.05, 0) is 36.4 Å². The second-order valence-corrected chi connectivity index (χ2v) is 6.63. The number of methoxy groups -OCH3 is 1. The molecule has 0 spiro atoms. The first-order valence-corrected chi connectivity index (χ1v) is 9.44. The van der Waals surface area contributed by atoms with Crippen molar-refractivity contribution in [3.05, 3.63) is 48.5 Å². The van der Waals surface area contributed by atoms with Crippen molar-refractivity contribution in [1.29, 1.82) is 0 Å². The summed E-state index contributed by atoms with van der Waals surface area (Å²) in [7, 11) is 1.60. The Kier molecular flexibility index (Phi) is 6.97. The molecule has 1 fully saturated rings. The molecule has 2 aromatic carbocycles. The molecule has 1 aliphatic rings. The van der Waals surface area contributed by atoms with Crippen molar-refractivity contribution in [2.75, 3.05) is 57.9 Å². The lowest BCUT2D eigenvalue weighted by Crippen LogP contribution is -2.49. The molecule has 1 heterocycles. The van der Waals surface area contributed by atoms with E-state index in [2.05, 4.69) is 15.1 Å². The zero-order chi connectivity index (χ0) is 19.8. The van der Waals surface area contributed by atoms with Crippen molar-refractivity contribution in [2.45, 2.75) is 0 Å². The van der Waals surface area contributed by atoms with Gasteiger partial charge in [-0.3, -0.25) is 9.69 Å². The molecule has 0 bridgehead atoms. The lowest BCUT2D eigenvalue weighted by atomic mass is 10.2. The number of hydrogen-bond donors (Lipinski definition) is 2. The molecule has 0 saturated carbocycles. The smallest absolute Gasteiger partial charge is 0.234 e. The van der Waals surface area contributed by atoms with Crippen LogP contribution in [0.3, 0.4) is 0 Å². The molecule has 28 heavy (non-hydrogen) atoms. The number of anilines is 1. The van der Waals surface area contributed by atoms with Gasteiger partial charge in [-0.2, -0.15) is 0 Å². The van der Waals surface area contributed by atoms with E-state index in [1.54, 1.807) is 19.2 Å². The number of phenolic OH excluding ortho intramolecular Hbond substituents is 1. The van der Waals surface area contributed by atoms with Gasteiger partial charge in [0, 0.05) is 31.9 Å². The number of ether oxygens (including phenoxy) is 2. The fourth-order valence-corrected chi connectivity index (χ4v) is 3.18. The number of rotatable bonds is 8. The van der Waals surface area contributed by atoms with Crippen molar-refractivity contribution in [1.82, 2.24) is 10.2 Å². The molecule has 7 heteroatoms. The number of carbonyl (C=O) groups is 1. The van der Waals surface area contributed by atoms with Crippen LogP contribution in [-0.4, -0.2) is 68.9 Å². The van der Waals surface area contributed by atoms with E-state index in [9.17, 15) is 9.90 Å². The van der Waals surface area contributed by atoms with Crippen LogP contribution in [0.15, 0.2) is 48.5 Å². The van der Waals surface area contributed by atoms with Crippen LogP contribution in [-0.2, 0) is 4.79 Å². The van der Waals surface area contributed by atoms with Gasteiger partial charge in [-0.25, -0.2) is 0 Å². The molecular weight excluding hydrogens is 358 g/mol. The third-order valence-corrected chi connectivity index (χ3v) is 4.71. The molecule has 0 aliphatic carbocycles. The summed E-state index contributed by atoms with van der Waals surface area (Å²) in [5, 5.41) is 12.3. The van der Waals surface area contributed by atoms with Gasteiger partial charge in [0.25, 0.3) is 0 Å². The second-order valence-electron chi connectivity index (χ2n) is 6.63. The molecule has 2 N–H and O–H groups in total. The van der Waals surface area contributed by atoms with E-state index in [0.29, 0.717) is 31.2 Å². The van der Waals surface area contributed by atoms with Crippen LogP contribution in [0.2, 0.25) is 0 Å². The van der Waals surface area contributed by atoms with E-state index < -0.39 is 0 Å². The number of aromatic hydroxyl groups is 1. The van der Waals surface area contributed by atoms with E-state index >= 15 is 0 Å². The van der Waals surface area contributed by atoms with Gasteiger partial charge in [-0.15, -0.1) is 0 Å². The van der Waals surface area contributed by atoms with Crippen molar-refractivity contribution >= 4 is 11.6 Å². The van der Waals surface area contributed by atoms with E-state index in [-0.39, 0.29) is 11.7 Å². The number of piperazine rings is 1. The number of para-hydroxylation sites is 2. The first-order valence-electron chi connectivity index (χ1n) is 9.44. The van der Waals surface area contributed by atoms with E-state index in [1.807, 2.05) is 36.4 Å². The Bertz CT molecular complexity index is 759. The first kappa shape index (κ1) is 19.8. The first-order chi connectivity index (χ1) is 13.7. The predicted octanol–water partition coefficient (Wildman–Crippen LogP) is 1.72. The van der Waals surface area contributed by atoms with Gasteiger partial charge in [0.2, 0.25) is 5.91 Å². The highest BCUT2D eigenvalue weighted by molar-refractivity contribution is 5.78. The standard InChI is InChI=1S/C21H27N3O4/c1-27-19-4-2-3-5-20(19)28-15-10-22-21(26)16-23-11-13-24(14-12-23)17-6-8-18(25)9-7-17/h2-9,25H,10-16H2,1H3,(H,22,26). The topological polar surface area (TPSA) is 74.3 Å². The maximum absolute atomic E-state index is 12.2. The lowest BCUT2D eigenvalue weighted by molar-refractivity contribution is -0.122. The van der Waals surface area contributed by atoms with Crippen LogP contribution in [0, 0.1) is 0 Å². The molecule has 0 unspecified atom stereocenters. The van der Waals surface area contributed by atoms with Crippen LogP contribution in [0.5, 0.6) is 17.2 Å². The Labute approximate surface area is 165 Å². The van der Waals surface area contributed by atoms with E-state index in [4.69, 9.17) is 9.47 Å². The van der Waals surface area contributed by atoms with Gasteiger partial charge >= 0.3 is 0 Å². The van der Waals surface area contributed by atoms with Gasteiger partial charge < -0.3 is 24.8 Å². The molecule has 1 aliphatic heterocycles. The number of nitrogens with one attached hydrogen (secondary N) is 1. The third kappa shape index (κ3) is 5.53. The minimum atomic E-state index is 0.00158. The Hall–Kier alpha value is -2.93. The third-order valence-electron chi connectivity index (χ3n) is 4.71. The Morgan fingerprint density at radius 3 is 2.39 bits per heavy atom. The minimum Gasteiger partial charge on any atom is -0.508 e. The van der Waals surface area contributed by atoms with Gasteiger partial charge in [-0.1, -0.05) is 12.1 Å². The highest BCUT2D eigenvalue weighted by atomic mass is 16.5. The summed E-state index contributed by atoms with van der Waals surface area (Å²) in [4.78, 5) is 16.6. The summed E-state index contributed by atoms with van der Waals surface area (Å²) in [5.41, 5.74) is 1.09. The van der Waals surface area contributed by atoms with Crippen molar-refractivity contribution in [3.8, 4) is 17.2 Å². The molecule has 0 atom stereocenters. The molecule has 0 radical (unpaired) electrons. The highest BCUT2D eigenvalue weighted by Gasteiger charge is 2.19. The molecule has 3 rings (SSSR count). The van der Waals surface area contributed by atoms with Crippen LogP contribution in [0.25, 0.3) is 0 Å². The van der Waals surface area contributed by atoms with Crippen molar-refractivity contribution in [3.63, 3.8) is 0 Å². The van der Waals surface area contributed by atoms with Crippen LogP contribution in [0.4, 0.5) is 5.69 Å². The average Bonchev–Trinajstić information content (AvgIpc) is 2.73. The molecule has 7 nitrogen and oxygen atoms in total. The maximum atomic E-state index is 12.2. The fraction of sp³-hybridized carbons (Fsp3) is 0.381. The van der Waals surface area contributed by atoms with Crippen LogP contribution < -0.4 is 19.7 Å². The average molecular weight is 385 g/mol. The maximum Gasteiger partial charge on any atom is 0.234 e. The number of benzene rings is 2. The van der Waals surface area contributed by atoms with Gasteiger partial charge in [0.05, 0.1) is 20.2 Å². The summed E-state index contributed by atoms with van der Waals surface area (Å²) in [5.74, 6) is 1.63. The number of hydrogen-bond acceptors (Lipinski definition) is 6. The predicted molar refractivity (Wildman–Crippen MR) is 108 cm³/mol. The molecule has 150 valence electrons. The molecule has 1 amide bonds. The Morgan fingerprint density at radius 2 is 1.71 bits per heavy atom. The van der Waals surface area contributed by atoms with Gasteiger partial charge in [0.15, 0.2) is 11.5 Å². The monoisotopic (exact) mass is 385 g/mol. The summed E-state index contributed by atoms with van der Waals surface area (Å²) in [6, 6.07) is 14.7. The molecule has 0 aromatic heterocycles. The minimum absolute atomic E-state index is 0.00158. The van der Waals surface area contributed by atoms with E-state index in [1.165, 1.54) is 0 Å². The number of nitrogens with zero attached hydrogens (tertiary/aromatic N) is 2. The quantitative estimate of drug-likeness (QED) is 0.674. The zero-order valence-corrected chi connectivity index (χ0v) is 16.1. The lowest BCUT2D eigenvalue weighted by Gasteiger charge is -2.35. The number of phenols is 1. The van der Waals surface area contributed by atoms with E-state index in [0.717, 1.165) is 31.9 Å². The summed E-state index contributed by atoms with van der Waals surface area (Å²) in [6.07, 6.45) is 0. The van der Waals surface area contributed by atoms with Crippen molar-refractivity contribution < 1.29 is 19.4 Å². The largest absolute Gasteiger partial charge is 0.508 e. The second kappa shape index (κ2) is 9.85. The summed E-state index contributed by atoms with van der Waals surface area (Å²) < 4.78 is 10.9. The summed E-state index contributed by atoms with van der Waals surface area (Å²) in [6.45, 7) is 4.59. The molecule has 1 saturated heterocycles. The SMILES string of the molecule is COc1ccccc1OCCNC(=O)CN1CCN(c2ccc(O)cc2)CC1. The van der Waals surface area contributed by atoms with Crippen LogP contribution in [0.1, 0.15) is 0 Å². The summed E-state index contributed by atoms with van der Waals surface area (Å²) >= 11 is 0. The Morgan fingerprint density at radius 1 is 1.04 bits per heavy atom. The Balaban J connectivity index is 1.34. The fourth-order valence-electron chi connectivity index (χ4n) is 3.18. The zero-order valence-electron chi connectivity index (χ0n) is 16.1. The normalized spacial score (nSPS) is 14.5. The highest BCUT2D eigenvalue weighted by Crippen LogP contribution is 2.25. The molecular formula is C21H27N3O4. The van der Waals surface area contributed by atoms with Crippen molar-refractivity contribution in [2.24, 2.45) is 0 Å². The van der Waals surface area contributed by atoms with Gasteiger partial charge in [0.1, 0.15) is 12.4 Å². The number of amides is 1.